The van der Waals surface area contributed by atoms with Crippen molar-refractivity contribution in [1.82, 2.24) is 19.3 Å². The quantitative estimate of drug-likeness (QED) is 0.461. The SMILES string of the molecule is CCn1c(SCCCCCn2cccn2)nc2ccccc21. The number of benzene rings is 1. The lowest BCUT2D eigenvalue weighted by molar-refractivity contribution is 0.554. The van der Waals surface area contributed by atoms with Crippen LogP contribution in [0.3, 0.4) is 0 Å². The van der Waals surface area contributed by atoms with E-state index in [2.05, 4.69) is 40.9 Å². The van der Waals surface area contributed by atoms with E-state index >= 15 is 0 Å². The first-order chi connectivity index (χ1) is 10.9. The minimum absolute atomic E-state index is 0.974. The Hall–Kier alpha value is -1.75. The Morgan fingerprint density at radius 2 is 2.00 bits per heavy atom. The molecule has 22 heavy (non-hydrogen) atoms. The van der Waals surface area contributed by atoms with Gasteiger partial charge in [-0.05, 0) is 38.0 Å². The van der Waals surface area contributed by atoms with Crippen LogP contribution in [-0.2, 0) is 13.1 Å². The zero-order valence-corrected chi connectivity index (χ0v) is 13.8. The number of para-hydroxylation sites is 2. The summed E-state index contributed by atoms with van der Waals surface area (Å²) in [7, 11) is 0. The maximum Gasteiger partial charge on any atom is 0.169 e. The van der Waals surface area contributed by atoms with Crippen molar-refractivity contribution in [2.75, 3.05) is 5.75 Å². The molecule has 0 aliphatic heterocycles. The molecule has 5 heteroatoms. The average molecular weight is 314 g/mol. The van der Waals surface area contributed by atoms with Crippen LogP contribution in [0, 0.1) is 0 Å². The van der Waals surface area contributed by atoms with Crippen molar-refractivity contribution >= 4 is 22.8 Å². The van der Waals surface area contributed by atoms with Crippen molar-refractivity contribution in [2.24, 2.45) is 0 Å². The summed E-state index contributed by atoms with van der Waals surface area (Å²) >= 11 is 1.87. The minimum atomic E-state index is 0.974. The number of imidazole rings is 1. The van der Waals surface area contributed by atoms with Crippen molar-refractivity contribution in [3.63, 3.8) is 0 Å². The van der Waals surface area contributed by atoms with Gasteiger partial charge in [0.25, 0.3) is 0 Å². The monoisotopic (exact) mass is 314 g/mol. The van der Waals surface area contributed by atoms with E-state index < -0.39 is 0 Å². The van der Waals surface area contributed by atoms with Crippen LogP contribution in [0.2, 0.25) is 0 Å². The number of fused-ring (bicyclic) bond motifs is 1. The number of aromatic nitrogens is 4. The van der Waals surface area contributed by atoms with Gasteiger partial charge in [0.2, 0.25) is 0 Å². The summed E-state index contributed by atoms with van der Waals surface area (Å²) in [5.74, 6) is 1.13. The fourth-order valence-electron chi connectivity index (χ4n) is 2.62. The summed E-state index contributed by atoms with van der Waals surface area (Å²) in [5.41, 5.74) is 2.34. The molecule has 3 rings (SSSR count). The van der Waals surface area contributed by atoms with Gasteiger partial charge in [0.05, 0.1) is 11.0 Å². The van der Waals surface area contributed by atoms with Crippen molar-refractivity contribution in [3.8, 4) is 0 Å². The van der Waals surface area contributed by atoms with Gasteiger partial charge in [0.1, 0.15) is 0 Å². The van der Waals surface area contributed by atoms with Crippen molar-refractivity contribution in [2.45, 2.75) is 44.4 Å². The van der Waals surface area contributed by atoms with Crippen LogP contribution in [0.4, 0.5) is 0 Å². The van der Waals surface area contributed by atoms with Crippen LogP contribution >= 0.6 is 11.8 Å². The van der Waals surface area contributed by atoms with E-state index in [4.69, 9.17) is 4.98 Å². The molecule has 0 saturated heterocycles. The average Bonchev–Trinajstić information content (AvgIpc) is 3.17. The Balaban J connectivity index is 1.47. The lowest BCUT2D eigenvalue weighted by Gasteiger charge is -2.05. The van der Waals surface area contributed by atoms with E-state index in [0.29, 0.717) is 0 Å². The van der Waals surface area contributed by atoms with E-state index in [1.165, 1.54) is 24.8 Å². The smallest absolute Gasteiger partial charge is 0.169 e. The predicted molar refractivity (Wildman–Crippen MR) is 92.2 cm³/mol. The Bertz CT molecular complexity index is 703. The van der Waals surface area contributed by atoms with Crippen molar-refractivity contribution in [3.05, 3.63) is 42.7 Å². The fraction of sp³-hybridized carbons (Fsp3) is 0.412. The van der Waals surface area contributed by atoms with E-state index in [-0.39, 0.29) is 0 Å². The molecular weight excluding hydrogens is 292 g/mol. The van der Waals surface area contributed by atoms with Crippen LogP contribution in [0.1, 0.15) is 26.2 Å². The molecule has 0 amide bonds. The number of hydrogen-bond acceptors (Lipinski definition) is 3. The summed E-state index contributed by atoms with van der Waals surface area (Å²) in [6, 6.07) is 10.4. The summed E-state index contributed by atoms with van der Waals surface area (Å²) in [4.78, 5) is 4.75. The third-order valence-corrected chi connectivity index (χ3v) is 4.82. The number of rotatable bonds is 8. The Kier molecular flexibility index (Phi) is 5.16. The topological polar surface area (TPSA) is 35.6 Å². The summed E-state index contributed by atoms with van der Waals surface area (Å²) in [6.45, 7) is 4.18. The van der Waals surface area contributed by atoms with Crippen molar-refractivity contribution < 1.29 is 0 Å². The van der Waals surface area contributed by atoms with E-state index in [1.807, 2.05) is 34.9 Å². The Labute approximate surface area is 135 Å². The number of aryl methyl sites for hydroxylation is 2. The van der Waals surface area contributed by atoms with Crippen LogP contribution in [-0.4, -0.2) is 25.1 Å². The minimum Gasteiger partial charge on any atom is -0.319 e. The van der Waals surface area contributed by atoms with Gasteiger partial charge in [-0.3, -0.25) is 4.68 Å². The Morgan fingerprint density at radius 3 is 2.82 bits per heavy atom. The molecule has 116 valence electrons. The lowest BCUT2D eigenvalue weighted by Crippen LogP contribution is -1.99. The summed E-state index contributed by atoms with van der Waals surface area (Å²) < 4.78 is 4.31. The molecule has 2 heterocycles. The highest BCUT2D eigenvalue weighted by Gasteiger charge is 2.08. The third-order valence-electron chi connectivity index (χ3n) is 3.76. The molecule has 0 atom stereocenters. The molecule has 0 bridgehead atoms. The normalized spacial score (nSPS) is 11.3. The zero-order chi connectivity index (χ0) is 15.2. The van der Waals surface area contributed by atoms with Gasteiger partial charge >= 0.3 is 0 Å². The summed E-state index contributed by atoms with van der Waals surface area (Å²) in [5, 5.41) is 5.38. The molecule has 4 nitrogen and oxygen atoms in total. The van der Waals surface area contributed by atoms with Gasteiger partial charge in [-0.1, -0.05) is 30.3 Å². The summed E-state index contributed by atoms with van der Waals surface area (Å²) in [6.07, 6.45) is 7.51. The molecule has 0 aliphatic carbocycles. The number of hydrogen-bond donors (Lipinski definition) is 0. The van der Waals surface area contributed by atoms with E-state index in [1.54, 1.807) is 0 Å². The molecule has 0 unspecified atom stereocenters. The maximum atomic E-state index is 4.75. The first-order valence-electron chi connectivity index (χ1n) is 7.94. The van der Waals surface area contributed by atoms with Crippen LogP contribution < -0.4 is 0 Å². The van der Waals surface area contributed by atoms with Crippen LogP contribution in [0.5, 0.6) is 0 Å². The molecule has 1 aromatic carbocycles. The predicted octanol–water partition coefficient (Wildman–Crippen LogP) is 4.22. The standard InChI is InChI=1S/C17H22N4S/c1-2-21-16-10-5-4-9-15(16)19-17(21)22-14-7-3-6-12-20-13-8-11-18-20/h4-5,8-11,13H,2-3,6-7,12,14H2,1H3. The maximum absolute atomic E-state index is 4.75. The van der Waals surface area contributed by atoms with Gasteiger partial charge in [0.15, 0.2) is 5.16 Å². The molecule has 0 N–H and O–H groups in total. The molecule has 2 aromatic heterocycles. The second-order valence-corrected chi connectivity index (χ2v) is 6.37. The largest absolute Gasteiger partial charge is 0.319 e. The molecule has 0 spiro atoms. The van der Waals surface area contributed by atoms with Gasteiger partial charge in [-0.2, -0.15) is 5.10 Å². The first-order valence-corrected chi connectivity index (χ1v) is 8.92. The van der Waals surface area contributed by atoms with E-state index in [9.17, 15) is 0 Å². The second-order valence-electron chi connectivity index (χ2n) is 5.31. The third kappa shape index (κ3) is 3.53. The van der Waals surface area contributed by atoms with E-state index in [0.717, 1.165) is 29.5 Å². The highest BCUT2D eigenvalue weighted by atomic mass is 32.2. The number of unbranched alkanes of at least 4 members (excludes halogenated alkanes) is 2. The highest BCUT2D eigenvalue weighted by molar-refractivity contribution is 7.99. The molecular formula is C17H22N4S. The lowest BCUT2D eigenvalue weighted by atomic mass is 10.2. The van der Waals surface area contributed by atoms with Gasteiger partial charge in [-0.15, -0.1) is 0 Å². The van der Waals surface area contributed by atoms with Crippen LogP contribution in [0.25, 0.3) is 11.0 Å². The molecule has 0 aliphatic rings. The van der Waals surface area contributed by atoms with Gasteiger partial charge in [0, 0.05) is 31.2 Å². The number of thioether (sulfide) groups is 1. The van der Waals surface area contributed by atoms with Gasteiger partial charge in [-0.25, -0.2) is 4.98 Å². The van der Waals surface area contributed by atoms with Crippen LogP contribution in [0.15, 0.2) is 47.9 Å². The Morgan fingerprint density at radius 1 is 1.09 bits per heavy atom. The molecule has 3 aromatic rings. The highest BCUT2D eigenvalue weighted by Crippen LogP contribution is 2.24. The van der Waals surface area contributed by atoms with Crippen molar-refractivity contribution in [1.29, 1.82) is 0 Å². The molecule has 0 radical (unpaired) electrons. The molecule has 0 fully saturated rings. The zero-order valence-electron chi connectivity index (χ0n) is 13.0. The number of nitrogens with zero attached hydrogens (tertiary/aromatic N) is 4. The fourth-order valence-corrected chi connectivity index (χ4v) is 3.70. The first kappa shape index (κ1) is 15.2. The second kappa shape index (κ2) is 7.49. The molecule has 0 saturated carbocycles. The van der Waals surface area contributed by atoms with Gasteiger partial charge < -0.3 is 4.57 Å².